The van der Waals surface area contributed by atoms with E-state index in [1.165, 1.54) is 0 Å². The minimum atomic E-state index is -0.941. The van der Waals surface area contributed by atoms with Crippen molar-refractivity contribution in [3.63, 3.8) is 0 Å². The average Bonchev–Trinajstić information content (AvgIpc) is 2.85. The van der Waals surface area contributed by atoms with E-state index < -0.39 is 23.8 Å². The summed E-state index contributed by atoms with van der Waals surface area (Å²) in [5, 5.41) is 5.82. The Labute approximate surface area is 224 Å². The van der Waals surface area contributed by atoms with Crippen molar-refractivity contribution in [1.82, 2.24) is 15.5 Å². The molecule has 0 radical (unpaired) electrons. The minimum absolute atomic E-state index is 0.192. The second-order valence-electron chi connectivity index (χ2n) is 10.6. The molecule has 1 rings (SSSR count). The minimum Gasteiger partial charge on any atom is -0.444 e. The first-order chi connectivity index (χ1) is 17.4. The molecular formula is C30H47N3O4. The van der Waals surface area contributed by atoms with Gasteiger partial charge in [0, 0.05) is 18.2 Å². The number of hydrogen-bond acceptors (Lipinski definition) is 4. The normalized spacial score (nSPS) is 14.5. The Morgan fingerprint density at radius 2 is 1.70 bits per heavy atom. The highest BCUT2D eigenvalue weighted by Crippen LogP contribution is 2.29. The molecule has 0 aliphatic heterocycles. The highest BCUT2D eigenvalue weighted by molar-refractivity contribution is 5.93. The fraction of sp³-hybridized carbons (Fsp3) is 0.633. The zero-order valence-corrected chi connectivity index (χ0v) is 24.0. The van der Waals surface area contributed by atoms with E-state index in [-0.39, 0.29) is 23.8 Å². The molecule has 0 aliphatic carbocycles. The van der Waals surface area contributed by atoms with Crippen LogP contribution in [-0.2, 0) is 14.3 Å². The van der Waals surface area contributed by atoms with Crippen molar-refractivity contribution >= 4 is 17.9 Å². The van der Waals surface area contributed by atoms with Gasteiger partial charge in [-0.15, -0.1) is 6.42 Å². The summed E-state index contributed by atoms with van der Waals surface area (Å²) < 4.78 is 5.46. The molecule has 7 nitrogen and oxygen atoms in total. The molecule has 4 unspecified atom stereocenters. The molecule has 206 valence electrons. The van der Waals surface area contributed by atoms with E-state index in [0.29, 0.717) is 30.5 Å². The van der Waals surface area contributed by atoms with Gasteiger partial charge >= 0.3 is 6.09 Å². The summed E-state index contributed by atoms with van der Waals surface area (Å²) in [5.41, 5.74) is 0.431. The number of rotatable bonds is 13. The molecule has 37 heavy (non-hydrogen) atoms. The second-order valence-corrected chi connectivity index (χ2v) is 10.6. The second kappa shape index (κ2) is 15.3. The quantitative estimate of drug-likeness (QED) is 0.266. The topological polar surface area (TPSA) is 87.7 Å². The van der Waals surface area contributed by atoms with Gasteiger partial charge in [0.1, 0.15) is 17.7 Å². The van der Waals surface area contributed by atoms with E-state index in [1.54, 1.807) is 37.8 Å². The Bertz CT molecular complexity index is 931. The van der Waals surface area contributed by atoms with Crippen LogP contribution in [0.3, 0.4) is 0 Å². The maximum Gasteiger partial charge on any atom is 0.408 e. The number of unbranched alkanes of at least 4 members (excludes halogenated alkanes) is 2. The fourth-order valence-corrected chi connectivity index (χ4v) is 4.04. The van der Waals surface area contributed by atoms with E-state index in [2.05, 4.69) is 23.5 Å². The van der Waals surface area contributed by atoms with Crippen molar-refractivity contribution in [3.8, 4) is 12.3 Å². The summed E-state index contributed by atoms with van der Waals surface area (Å²) in [4.78, 5) is 42.3. The van der Waals surface area contributed by atoms with E-state index >= 15 is 0 Å². The third-order valence-corrected chi connectivity index (χ3v) is 6.49. The van der Waals surface area contributed by atoms with Gasteiger partial charge in [-0.1, -0.05) is 71.1 Å². The Morgan fingerprint density at radius 3 is 2.24 bits per heavy atom. The van der Waals surface area contributed by atoms with Crippen LogP contribution >= 0.6 is 0 Å². The molecule has 0 fully saturated rings. The van der Waals surface area contributed by atoms with Crippen LogP contribution in [0.15, 0.2) is 24.3 Å². The van der Waals surface area contributed by atoms with Crippen molar-refractivity contribution in [2.45, 2.75) is 111 Å². The Kier molecular flexibility index (Phi) is 13.2. The van der Waals surface area contributed by atoms with Crippen molar-refractivity contribution in [2.75, 3.05) is 6.54 Å². The monoisotopic (exact) mass is 513 g/mol. The highest BCUT2D eigenvalue weighted by atomic mass is 16.6. The number of nitrogens with one attached hydrogen (secondary N) is 2. The van der Waals surface area contributed by atoms with Gasteiger partial charge in [0.15, 0.2) is 0 Å². The number of carbonyl (C=O) groups excluding carboxylic acids is 3. The van der Waals surface area contributed by atoms with Crippen LogP contribution < -0.4 is 10.6 Å². The van der Waals surface area contributed by atoms with Crippen molar-refractivity contribution < 1.29 is 19.1 Å². The molecule has 0 bridgehead atoms. The highest BCUT2D eigenvalue weighted by Gasteiger charge is 2.40. The predicted molar refractivity (Wildman–Crippen MR) is 149 cm³/mol. The summed E-state index contributed by atoms with van der Waals surface area (Å²) in [6.07, 6.45) is 9.28. The van der Waals surface area contributed by atoms with Crippen LogP contribution in [0.1, 0.15) is 105 Å². The summed E-state index contributed by atoms with van der Waals surface area (Å²) >= 11 is 0. The van der Waals surface area contributed by atoms with Crippen molar-refractivity contribution in [1.29, 1.82) is 0 Å². The molecule has 1 aromatic carbocycles. The lowest BCUT2D eigenvalue weighted by atomic mass is 9.92. The lowest BCUT2D eigenvalue weighted by Crippen LogP contribution is -2.57. The molecule has 0 aliphatic rings. The zero-order chi connectivity index (χ0) is 28.2. The molecular weight excluding hydrogens is 466 g/mol. The summed E-state index contributed by atoms with van der Waals surface area (Å²) in [7, 11) is 0. The summed E-state index contributed by atoms with van der Waals surface area (Å²) in [6.45, 7) is 15.7. The van der Waals surface area contributed by atoms with Crippen LogP contribution in [0.25, 0.3) is 0 Å². The lowest BCUT2D eigenvalue weighted by Gasteiger charge is -2.39. The number of terminal acetylenes is 1. The molecule has 0 saturated heterocycles. The van der Waals surface area contributed by atoms with Crippen molar-refractivity contribution in [3.05, 3.63) is 35.4 Å². The van der Waals surface area contributed by atoms with E-state index in [1.807, 2.05) is 39.8 Å². The predicted octanol–water partition coefficient (Wildman–Crippen LogP) is 5.58. The SMILES string of the molecule is C#Cc1ccccc1C(C(=O)NCCCCC)N(C(=O)C(NC(=O)OC(C)(C)C)C(C)CC)C(C)CC. The number of nitrogens with zero attached hydrogens (tertiary/aromatic N) is 1. The standard InChI is InChI=1S/C30H47N3O4/c1-10-14-17-20-31-27(34)26(24-19-16-15-18-23(24)13-4)33(22(6)12-3)28(35)25(21(5)11-2)32-29(36)37-30(7,8)9/h4,15-16,18-19,21-22,25-26H,10-12,14,17,20H2,1-3,5-9H3,(H,31,34)(H,32,36). The number of amides is 3. The van der Waals surface area contributed by atoms with Crippen molar-refractivity contribution in [2.24, 2.45) is 5.92 Å². The van der Waals surface area contributed by atoms with Gasteiger partial charge < -0.3 is 20.3 Å². The maximum absolute atomic E-state index is 14.3. The first kappa shape index (κ1) is 32.0. The molecule has 0 saturated carbocycles. The van der Waals surface area contributed by atoms with Gasteiger partial charge in [0.25, 0.3) is 0 Å². The molecule has 3 amide bonds. The maximum atomic E-state index is 14.3. The van der Waals surface area contributed by atoms with Crippen LogP contribution in [0, 0.1) is 18.3 Å². The van der Waals surface area contributed by atoms with Gasteiger partial charge in [-0.3, -0.25) is 9.59 Å². The van der Waals surface area contributed by atoms with Crippen LogP contribution in [0.2, 0.25) is 0 Å². The van der Waals surface area contributed by atoms with Gasteiger partial charge in [-0.2, -0.15) is 0 Å². The number of hydrogen-bond donors (Lipinski definition) is 2. The average molecular weight is 514 g/mol. The fourth-order valence-electron chi connectivity index (χ4n) is 4.04. The molecule has 0 heterocycles. The molecule has 4 atom stereocenters. The van der Waals surface area contributed by atoms with E-state index in [0.717, 1.165) is 19.3 Å². The number of alkyl carbamates (subject to hydrolysis) is 1. The van der Waals surface area contributed by atoms with Gasteiger partial charge in [-0.25, -0.2) is 4.79 Å². The smallest absolute Gasteiger partial charge is 0.408 e. The van der Waals surface area contributed by atoms with Gasteiger partial charge in [0.2, 0.25) is 11.8 Å². The van der Waals surface area contributed by atoms with E-state index in [9.17, 15) is 14.4 Å². The third kappa shape index (κ3) is 9.76. The molecule has 0 spiro atoms. The molecule has 7 heteroatoms. The number of ether oxygens (including phenoxy) is 1. The Hall–Kier alpha value is -3.01. The zero-order valence-electron chi connectivity index (χ0n) is 24.0. The molecule has 2 N–H and O–H groups in total. The molecule has 0 aromatic heterocycles. The molecule has 1 aromatic rings. The number of carbonyl (C=O) groups is 3. The third-order valence-electron chi connectivity index (χ3n) is 6.49. The van der Waals surface area contributed by atoms with Crippen LogP contribution in [0.4, 0.5) is 4.79 Å². The number of benzene rings is 1. The Balaban J connectivity index is 3.58. The first-order valence-electron chi connectivity index (χ1n) is 13.6. The van der Waals surface area contributed by atoms with Gasteiger partial charge in [-0.05, 0) is 58.1 Å². The first-order valence-corrected chi connectivity index (χ1v) is 13.6. The van der Waals surface area contributed by atoms with Crippen LogP contribution in [0.5, 0.6) is 0 Å². The van der Waals surface area contributed by atoms with E-state index in [4.69, 9.17) is 11.2 Å². The lowest BCUT2D eigenvalue weighted by molar-refractivity contribution is -0.146. The summed E-state index contributed by atoms with van der Waals surface area (Å²) in [5.74, 6) is 1.86. The van der Waals surface area contributed by atoms with Gasteiger partial charge in [0.05, 0.1) is 0 Å². The Morgan fingerprint density at radius 1 is 1.05 bits per heavy atom. The van der Waals surface area contributed by atoms with Crippen LogP contribution in [-0.4, -0.2) is 47.0 Å². The summed E-state index contributed by atoms with van der Waals surface area (Å²) in [6, 6.07) is 5.10. The largest absolute Gasteiger partial charge is 0.444 e.